The molecule has 0 bridgehead atoms. The molecule has 3 atom stereocenters. The standard InChI is InChI=1S/C25H32O2/c1-4-6-13-25(5-2)14-12-20-11-10-19(17-26)16-22(20)23(24(25)27)21-9-7-8-18(3)15-21/h7-11,15-17,23-24,27H,4-6,12-14H2,1-3H3/t23-,24-,25+/m0/s1. The minimum absolute atomic E-state index is 0.0786. The fourth-order valence-electron chi connectivity index (χ4n) is 4.85. The molecule has 2 aromatic carbocycles. The van der Waals surface area contributed by atoms with Gasteiger partial charge in [0.05, 0.1) is 6.10 Å². The molecule has 0 spiro atoms. The van der Waals surface area contributed by atoms with Crippen LogP contribution >= 0.6 is 0 Å². The summed E-state index contributed by atoms with van der Waals surface area (Å²) in [7, 11) is 0. The Morgan fingerprint density at radius 1 is 1.19 bits per heavy atom. The molecule has 2 nitrogen and oxygen atoms in total. The molecule has 0 saturated heterocycles. The number of unbranched alkanes of at least 4 members (excludes halogenated alkanes) is 1. The second kappa shape index (κ2) is 8.39. The molecule has 0 fully saturated rings. The number of rotatable bonds is 6. The van der Waals surface area contributed by atoms with Crippen molar-refractivity contribution in [1.29, 1.82) is 0 Å². The lowest BCUT2D eigenvalue weighted by Crippen LogP contribution is -2.38. The average Bonchev–Trinajstić information content (AvgIpc) is 2.80. The van der Waals surface area contributed by atoms with Gasteiger partial charge in [-0.2, -0.15) is 0 Å². The van der Waals surface area contributed by atoms with Gasteiger partial charge >= 0.3 is 0 Å². The Kier molecular flexibility index (Phi) is 6.16. The van der Waals surface area contributed by atoms with Gasteiger partial charge in [0.25, 0.3) is 0 Å². The molecule has 0 aliphatic heterocycles. The Morgan fingerprint density at radius 2 is 2.00 bits per heavy atom. The fourth-order valence-corrected chi connectivity index (χ4v) is 4.85. The molecule has 2 aromatic rings. The number of aryl methyl sites for hydroxylation is 2. The van der Waals surface area contributed by atoms with Crippen LogP contribution in [0.1, 0.15) is 84.5 Å². The highest BCUT2D eigenvalue weighted by Gasteiger charge is 2.43. The van der Waals surface area contributed by atoms with E-state index in [0.717, 1.165) is 55.9 Å². The number of carbonyl (C=O) groups is 1. The van der Waals surface area contributed by atoms with Crippen LogP contribution in [-0.2, 0) is 6.42 Å². The third-order valence-corrected chi connectivity index (χ3v) is 6.61. The highest BCUT2D eigenvalue weighted by atomic mass is 16.3. The quantitative estimate of drug-likeness (QED) is 0.517. The Hall–Kier alpha value is -1.93. The molecule has 144 valence electrons. The maximum absolute atomic E-state index is 11.8. The summed E-state index contributed by atoms with van der Waals surface area (Å²) in [4.78, 5) is 11.4. The van der Waals surface area contributed by atoms with Crippen molar-refractivity contribution in [2.45, 2.75) is 71.3 Å². The first-order valence-corrected chi connectivity index (χ1v) is 10.4. The third-order valence-electron chi connectivity index (χ3n) is 6.61. The van der Waals surface area contributed by atoms with E-state index >= 15 is 0 Å². The molecule has 2 heteroatoms. The van der Waals surface area contributed by atoms with Gasteiger partial charge in [0.15, 0.2) is 0 Å². The molecule has 1 N–H and O–H groups in total. The molecule has 1 aliphatic rings. The van der Waals surface area contributed by atoms with Crippen LogP contribution in [0.2, 0.25) is 0 Å². The molecular formula is C25H32O2. The summed E-state index contributed by atoms with van der Waals surface area (Å²) in [5, 5.41) is 11.8. The van der Waals surface area contributed by atoms with E-state index in [1.807, 2.05) is 12.1 Å². The molecule has 1 aliphatic carbocycles. The van der Waals surface area contributed by atoms with Crippen LogP contribution in [0.5, 0.6) is 0 Å². The van der Waals surface area contributed by atoms with E-state index in [2.05, 4.69) is 51.1 Å². The van der Waals surface area contributed by atoms with E-state index in [9.17, 15) is 9.90 Å². The van der Waals surface area contributed by atoms with Crippen molar-refractivity contribution in [3.05, 3.63) is 70.3 Å². The number of aldehydes is 1. The van der Waals surface area contributed by atoms with Gasteiger partial charge in [0.2, 0.25) is 0 Å². The maximum Gasteiger partial charge on any atom is 0.150 e. The van der Waals surface area contributed by atoms with Crippen molar-refractivity contribution >= 4 is 6.29 Å². The lowest BCUT2D eigenvalue weighted by molar-refractivity contribution is -0.00157. The zero-order valence-electron chi connectivity index (χ0n) is 16.9. The Labute approximate surface area is 163 Å². The van der Waals surface area contributed by atoms with Crippen LogP contribution in [0.15, 0.2) is 42.5 Å². The molecule has 0 radical (unpaired) electrons. The summed E-state index contributed by atoms with van der Waals surface area (Å²) in [5.41, 5.74) is 5.37. The topological polar surface area (TPSA) is 37.3 Å². The SMILES string of the molecule is CCCC[C@]1(CC)CCc2ccc(C=O)cc2[C@H](c2cccc(C)c2)[C@@H]1O. The first-order valence-electron chi connectivity index (χ1n) is 10.4. The molecule has 0 aromatic heterocycles. The lowest BCUT2D eigenvalue weighted by Gasteiger charge is -2.40. The van der Waals surface area contributed by atoms with E-state index in [1.165, 1.54) is 11.1 Å². The van der Waals surface area contributed by atoms with Crippen LogP contribution in [0.3, 0.4) is 0 Å². The van der Waals surface area contributed by atoms with Crippen molar-refractivity contribution in [2.24, 2.45) is 5.41 Å². The van der Waals surface area contributed by atoms with E-state index < -0.39 is 6.10 Å². The van der Waals surface area contributed by atoms with Gasteiger partial charge in [-0.25, -0.2) is 0 Å². The zero-order chi connectivity index (χ0) is 19.4. The zero-order valence-corrected chi connectivity index (χ0v) is 16.9. The van der Waals surface area contributed by atoms with Crippen LogP contribution in [0.25, 0.3) is 0 Å². The fraction of sp³-hybridized carbons (Fsp3) is 0.480. The molecule has 27 heavy (non-hydrogen) atoms. The van der Waals surface area contributed by atoms with Crippen LogP contribution in [-0.4, -0.2) is 17.5 Å². The highest BCUT2D eigenvalue weighted by Crippen LogP contribution is 2.49. The molecular weight excluding hydrogens is 332 g/mol. The Morgan fingerprint density at radius 3 is 2.67 bits per heavy atom. The van der Waals surface area contributed by atoms with E-state index in [4.69, 9.17) is 0 Å². The van der Waals surface area contributed by atoms with Gasteiger partial charge in [0.1, 0.15) is 6.29 Å². The van der Waals surface area contributed by atoms with Crippen molar-refractivity contribution in [3.8, 4) is 0 Å². The molecule has 3 rings (SSSR count). The minimum atomic E-state index is -0.445. The van der Waals surface area contributed by atoms with Gasteiger partial charge in [-0.1, -0.05) is 68.7 Å². The van der Waals surface area contributed by atoms with Crippen molar-refractivity contribution < 1.29 is 9.90 Å². The third kappa shape index (κ3) is 3.87. The largest absolute Gasteiger partial charge is 0.392 e. The second-order valence-corrected chi connectivity index (χ2v) is 8.23. The predicted molar refractivity (Wildman–Crippen MR) is 111 cm³/mol. The highest BCUT2D eigenvalue weighted by molar-refractivity contribution is 5.75. The van der Waals surface area contributed by atoms with E-state index in [1.54, 1.807) is 0 Å². The van der Waals surface area contributed by atoms with Crippen molar-refractivity contribution in [3.63, 3.8) is 0 Å². The average molecular weight is 365 g/mol. The molecule has 0 heterocycles. The lowest BCUT2D eigenvalue weighted by atomic mass is 9.67. The Balaban J connectivity index is 2.17. The van der Waals surface area contributed by atoms with Crippen LogP contribution in [0, 0.1) is 12.3 Å². The van der Waals surface area contributed by atoms with Crippen molar-refractivity contribution in [1.82, 2.24) is 0 Å². The van der Waals surface area contributed by atoms with E-state index in [0.29, 0.717) is 5.56 Å². The van der Waals surface area contributed by atoms with Crippen LogP contribution < -0.4 is 0 Å². The van der Waals surface area contributed by atoms with Crippen molar-refractivity contribution in [2.75, 3.05) is 0 Å². The van der Waals surface area contributed by atoms with Gasteiger partial charge in [-0.3, -0.25) is 4.79 Å². The van der Waals surface area contributed by atoms with Crippen LogP contribution in [0.4, 0.5) is 0 Å². The summed E-state index contributed by atoms with van der Waals surface area (Å²) >= 11 is 0. The molecule has 0 unspecified atom stereocenters. The number of benzene rings is 2. The number of hydrogen-bond donors (Lipinski definition) is 1. The summed E-state index contributed by atoms with van der Waals surface area (Å²) in [6.07, 6.45) is 6.75. The predicted octanol–water partition coefficient (Wildman–Crippen LogP) is 5.83. The summed E-state index contributed by atoms with van der Waals surface area (Å²) in [6, 6.07) is 14.5. The number of aliphatic hydroxyl groups is 1. The number of hydrogen-bond acceptors (Lipinski definition) is 2. The number of carbonyl (C=O) groups excluding carboxylic acids is 1. The first-order chi connectivity index (χ1) is 13.0. The van der Waals surface area contributed by atoms with Gasteiger partial charge in [-0.15, -0.1) is 0 Å². The normalized spacial score (nSPS) is 24.9. The number of aliphatic hydroxyl groups excluding tert-OH is 1. The number of fused-ring (bicyclic) bond motifs is 1. The van der Waals surface area contributed by atoms with Gasteiger partial charge in [0, 0.05) is 11.5 Å². The van der Waals surface area contributed by atoms with Gasteiger partial charge in [-0.05, 0) is 60.8 Å². The first kappa shape index (κ1) is 19.8. The molecule has 0 amide bonds. The van der Waals surface area contributed by atoms with Gasteiger partial charge < -0.3 is 5.11 Å². The smallest absolute Gasteiger partial charge is 0.150 e. The maximum atomic E-state index is 11.8. The summed E-state index contributed by atoms with van der Waals surface area (Å²) in [5.74, 6) is -0.0842. The minimum Gasteiger partial charge on any atom is -0.392 e. The summed E-state index contributed by atoms with van der Waals surface area (Å²) < 4.78 is 0. The van der Waals surface area contributed by atoms with E-state index in [-0.39, 0.29) is 11.3 Å². The molecule has 0 saturated carbocycles. The second-order valence-electron chi connectivity index (χ2n) is 8.23. The Bertz CT molecular complexity index is 795. The monoisotopic (exact) mass is 364 g/mol. The summed E-state index contributed by atoms with van der Waals surface area (Å²) in [6.45, 7) is 6.54.